The molecule has 57 heavy (non-hydrogen) atoms. The van der Waals surface area contributed by atoms with Crippen molar-refractivity contribution in [2.24, 2.45) is 0 Å². The van der Waals surface area contributed by atoms with Crippen molar-refractivity contribution in [2.75, 3.05) is 13.2 Å². The fourth-order valence-corrected chi connectivity index (χ4v) is 6.72. The molecule has 3 heterocycles. The molecule has 6 aromatic carbocycles. The zero-order valence-electron chi connectivity index (χ0n) is 30.1. The average Bonchev–Trinajstić information content (AvgIpc) is 3.20. The van der Waals surface area contributed by atoms with E-state index in [9.17, 15) is 45.6 Å². The van der Waals surface area contributed by atoms with Gasteiger partial charge in [0.25, 0.3) is 0 Å². The maximum Gasteiger partial charge on any atom is 0.200 e. The van der Waals surface area contributed by atoms with Gasteiger partial charge in [0, 0.05) is 41.2 Å². The molecule has 0 fully saturated rings. The molecule has 7 aromatic rings. The molecule has 12 nitrogen and oxygen atoms in total. The number of aliphatic hydroxyl groups is 2. The summed E-state index contributed by atoms with van der Waals surface area (Å²) in [4.78, 5) is 12.3. The van der Waals surface area contributed by atoms with E-state index in [1.165, 1.54) is 60.9 Å². The van der Waals surface area contributed by atoms with Gasteiger partial charge >= 0.3 is 0 Å². The highest BCUT2D eigenvalue weighted by atomic mass is 16.5. The predicted molar refractivity (Wildman–Crippen MR) is 210 cm³/mol. The summed E-state index contributed by atoms with van der Waals surface area (Å²) in [7, 11) is 0. The summed E-state index contributed by atoms with van der Waals surface area (Å²) in [6.07, 6.45) is -0.0148. The van der Waals surface area contributed by atoms with Gasteiger partial charge < -0.3 is 54.7 Å². The van der Waals surface area contributed by atoms with Gasteiger partial charge in [0.1, 0.15) is 57.8 Å². The van der Waals surface area contributed by atoms with Crippen molar-refractivity contribution in [1.29, 1.82) is 0 Å². The minimum atomic E-state index is -0.686. The second-order valence-corrected chi connectivity index (χ2v) is 13.6. The standard InChI is InChI=1S/2C15H14O4.C15H10O4/c3*16-10-3-1-9(2-4-10)13-8-19-14-7-11(17)5-6-12(14)15(13)18/h2*1-7,13,15-18H,8H2;1-8,16-17H/t2*13-,15-;/m10./s1. The van der Waals surface area contributed by atoms with Gasteiger partial charge in [-0.3, -0.25) is 4.79 Å². The Labute approximate surface area is 325 Å². The van der Waals surface area contributed by atoms with Gasteiger partial charge in [-0.05, 0) is 89.5 Å². The largest absolute Gasteiger partial charge is 0.508 e. The third-order valence-corrected chi connectivity index (χ3v) is 9.81. The number of hydrogen-bond acceptors (Lipinski definition) is 12. The number of ether oxygens (including phenoxy) is 2. The van der Waals surface area contributed by atoms with Gasteiger partial charge in [0.2, 0.25) is 0 Å². The van der Waals surface area contributed by atoms with Gasteiger partial charge in [-0.15, -0.1) is 0 Å². The predicted octanol–water partition coefficient (Wildman–Crippen LogP) is 7.49. The molecule has 4 atom stereocenters. The lowest BCUT2D eigenvalue weighted by atomic mass is 9.87. The van der Waals surface area contributed by atoms with Crippen LogP contribution in [0.4, 0.5) is 0 Å². The lowest BCUT2D eigenvalue weighted by molar-refractivity contribution is 0.0884. The van der Waals surface area contributed by atoms with Crippen molar-refractivity contribution >= 4 is 11.0 Å². The van der Waals surface area contributed by atoms with Crippen LogP contribution in [0.25, 0.3) is 22.1 Å². The van der Waals surface area contributed by atoms with Crippen LogP contribution in [-0.2, 0) is 0 Å². The van der Waals surface area contributed by atoms with Crippen LogP contribution in [0, 0.1) is 0 Å². The maximum atomic E-state index is 12.3. The Bertz CT molecular complexity index is 2440. The molecule has 2 aliphatic rings. The van der Waals surface area contributed by atoms with Crippen molar-refractivity contribution in [3.63, 3.8) is 0 Å². The molecule has 12 heteroatoms. The number of phenolic OH excluding ortho intramolecular Hbond substituents is 6. The smallest absolute Gasteiger partial charge is 0.200 e. The minimum absolute atomic E-state index is 0.0491. The summed E-state index contributed by atoms with van der Waals surface area (Å²) in [6.45, 7) is 0.671. The first-order valence-electron chi connectivity index (χ1n) is 17.8. The van der Waals surface area contributed by atoms with E-state index in [1.54, 1.807) is 72.8 Å². The monoisotopic (exact) mass is 770 g/mol. The summed E-state index contributed by atoms with van der Waals surface area (Å²) in [5, 5.41) is 77.2. The van der Waals surface area contributed by atoms with E-state index in [4.69, 9.17) is 13.9 Å². The van der Waals surface area contributed by atoms with Crippen LogP contribution in [0.5, 0.6) is 46.0 Å². The summed E-state index contributed by atoms with van der Waals surface area (Å²) >= 11 is 0. The van der Waals surface area contributed by atoms with Crippen molar-refractivity contribution in [2.45, 2.75) is 24.0 Å². The third kappa shape index (κ3) is 8.42. The number of benzene rings is 6. The average molecular weight is 771 g/mol. The molecule has 1 aromatic heterocycles. The Morgan fingerprint density at radius 1 is 0.474 bits per heavy atom. The number of aromatic hydroxyl groups is 6. The van der Waals surface area contributed by atoms with E-state index in [0.717, 1.165) is 11.1 Å². The second kappa shape index (κ2) is 16.3. The van der Waals surface area contributed by atoms with Crippen LogP contribution in [0.2, 0.25) is 0 Å². The molecule has 0 bridgehead atoms. The Hall–Kier alpha value is -7.15. The van der Waals surface area contributed by atoms with Crippen LogP contribution in [0.1, 0.15) is 46.3 Å². The number of fused-ring (bicyclic) bond motifs is 3. The van der Waals surface area contributed by atoms with E-state index < -0.39 is 12.2 Å². The molecule has 8 N–H and O–H groups in total. The third-order valence-electron chi connectivity index (χ3n) is 9.81. The second-order valence-electron chi connectivity index (χ2n) is 13.6. The van der Waals surface area contributed by atoms with Crippen LogP contribution in [0.15, 0.2) is 143 Å². The molecule has 0 saturated heterocycles. The summed E-state index contributed by atoms with van der Waals surface area (Å²) in [5.41, 5.74) is 4.40. The van der Waals surface area contributed by atoms with Gasteiger partial charge in [0.15, 0.2) is 5.43 Å². The molecule has 0 aliphatic carbocycles. The van der Waals surface area contributed by atoms with E-state index >= 15 is 0 Å². The summed E-state index contributed by atoms with van der Waals surface area (Å²) < 4.78 is 16.5. The summed E-state index contributed by atoms with van der Waals surface area (Å²) in [5.74, 6) is 1.48. The molecular formula is C45H38O12. The molecule has 9 rings (SSSR count). The summed E-state index contributed by atoms with van der Waals surface area (Å²) in [6, 6.07) is 33.6. The molecule has 0 amide bonds. The normalized spacial score (nSPS) is 17.9. The maximum absolute atomic E-state index is 12.3. The first kappa shape index (κ1) is 38.1. The SMILES string of the molecule is O=c1c(-c2ccc(O)cc2)coc2cc(O)ccc12.Oc1ccc([C@@H]2COc3cc(O)ccc3[C@@H]2O)cc1.Oc1ccc([C@H]2COc3cc(O)ccc3[C@H]2O)cc1. The number of phenols is 6. The lowest BCUT2D eigenvalue weighted by Crippen LogP contribution is -2.24. The van der Waals surface area contributed by atoms with Gasteiger partial charge in [-0.25, -0.2) is 0 Å². The molecule has 0 spiro atoms. The van der Waals surface area contributed by atoms with Crippen molar-refractivity contribution in [1.82, 2.24) is 0 Å². The highest BCUT2D eigenvalue weighted by Crippen LogP contribution is 2.43. The fourth-order valence-electron chi connectivity index (χ4n) is 6.72. The first-order valence-corrected chi connectivity index (χ1v) is 17.8. The van der Waals surface area contributed by atoms with E-state index in [2.05, 4.69) is 0 Å². The molecule has 0 saturated carbocycles. The number of rotatable bonds is 3. The fraction of sp³-hybridized carbons (Fsp3) is 0.133. The molecule has 0 radical (unpaired) electrons. The van der Waals surface area contributed by atoms with Crippen molar-refractivity contribution in [3.8, 4) is 57.1 Å². The highest BCUT2D eigenvalue weighted by Gasteiger charge is 2.32. The zero-order valence-corrected chi connectivity index (χ0v) is 30.1. The molecule has 290 valence electrons. The highest BCUT2D eigenvalue weighted by molar-refractivity contribution is 5.82. The van der Waals surface area contributed by atoms with E-state index in [1.807, 2.05) is 0 Å². The van der Waals surface area contributed by atoms with Gasteiger partial charge in [-0.2, -0.15) is 0 Å². The van der Waals surface area contributed by atoms with E-state index in [-0.39, 0.29) is 51.8 Å². The first-order chi connectivity index (χ1) is 27.4. The lowest BCUT2D eigenvalue weighted by Gasteiger charge is -2.30. The number of hydrogen-bond donors (Lipinski definition) is 8. The number of aliphatic hydroxyl groups excluding tert-OH is 2. The topological polar surface area (TPSA) is 211 Å². The van der Waals surface area contributed by atoms with Crippen molar-refractivity contribution < 1.29 is 54.7 Å². The van der Waals surface area contributed by atoms with Crippen LogP contribution in [-0.4, -0.2) is 54.1 Å². The van der Waals surface area contributed by atoms with Crippen LogP contribution >= 0.6 is 0 Å². The van der Waals surface area contributed by atoms with Crippen LogP contribution < -0.4 is 14.9 Å². The Morgan fingerprint density at radius 2 is 0.877 bits per heavy atom. The Morgan fingerprint density at radius 3 is 1.35 bits per heavy atom. The Kier molecular flexibility index (Phi) is 10.9. The van der Waals surface area contributed by atoms with Gasteiger partial charge in [0.05, 0.1) is 36.4 Å². The van der Waals surface area contributed by atoms with E-state index in [0.29, 0.717) is 57.9 Å². The minimum Gasteiger partial charge on any atom is -0.508 e. The molecular weight excluding hydrogens is 732 g/mol. The van der Waals surface area contributed by atoms with Crippen LogP contribution in [0.3, 0.4) is 0 Å². The van der Waals surface area contributed by atoms with Crippen molar-refractivity contribution in [3.05, 3.63) is 166 Å². The van der Waals surface area contributed by atoms with Gasteiger partial charge in [-0.1, -0.05) is 36.4 Å². The molecule has 2 aliphatic heterocycles. The molecule has 0 unspecified atom stereocenters. The zero-order chi connectivity index (χ0) is 40.2. The Balaban J connectivity index is 0.000000131. The quantitative estimate of drug-likeness (QED) is 0.0879.